The molecule has 1 fully saturated rings. The monoisotopic (exact) mass is 396 g/mol. The van der Waals surface area contributed by atoms with Crippen LogP contribution in [0.1, 0.15) is 24.0 Å². The number of halogens is 3. The Kier molecular flexibility index (Phi) is 5.76. The van der Waals surface area contributed by atoms with E-state index in [4.69, 9.17) is 0 Å². The molecule has 0 aliphatic carbocycles. The summed E-state index contributed by atoms with van der Waals surface area (Å²) in [5.41, 5.74) is -0.1000. The summed E-state index contributed by atoms with van der Waals surface area (Å²) in [4.78, 5) is 2.09. The number of nitrogens with one attached hydrogen (secondary N) is 1. The Morgan fingerprint density at radius 1 is 1.21 bits per heavy atom. The summed E-state index contributed by atoms with van der Waals surface area (Å²) in [7, 11) is 1.96. The number of aliphatic hydroxyl groups excluding tert-OH is 1. The quantitative estimate of drug-likeness (QED) is 0.737. The lowest BCUT2D eigenvalue weighted by atomic mass is 9.99. The van der Waals surface area contributed by atoms with Gasteiger partial charge in [0, 0.05) is 24.2 Å². The van der Waals surface area contributed by atoms with Crippen LogP contribution in [0.3, 0.4) is 0 Å². The highest BCUT2D eigenvalue weighted by molar-refractivity contribution is 5.71. The third-order valence-electron chi connectivity index (χ3n) is 5.11. The van der Waals surface area contributed by atoms with E-state index in [0.29, 0.717) is 17.6 Å². The van der Waals surface area contributed by atoms with Gasteiger partial charge in [0.05, 0.1) is 17.9 Å². The van der Waals surface area contributed by atoms with Gasteiger partial charge in [-0.25, -0.2) is 0 Å². The van der Waals surface area contributed by atoms with Gasteiger partial charge in [-0.15, -0.1) is 10.2 Å². The van der Waals surface area contributed by atoms with E-state index in [0.717, 1.165) is 25.5 Å². The summed E-state index contributed by atoms with van der Waals surface area (Å²) < 4.78 is 38.6. The number of aryl methyl sites for hydroxylation is 1. The maximum Gasteiger partial charge on any atom is 0.416 e. The Morgan fingerprint density at radius 3 is 2.50 bits per heavy atom. The fraction of sp³-hybridized carbons (Fsp3) is 0.474. The lowest BCUT2D eigenvalue weighted by Gasteiger charge is -2.36. The van der Waals surface area contributed by atoms with Crippen molar-refractivity contribution >= 4 is 5.82 Å². The SMILES string of the molecule is Cc1cc(C(F)(F)F)cc(O)c1-c1ccc(NC2CCC(CO)N(C)C2)nn1. The Bertz CT molecular complexity index is 804. The first-order valence-electron chi connectivity index (χ1n) is 9.01. The number of anilines is 1. The highest BCUT2D eigenvalue weighted by atomic mass is 19.4. The number of phenolic OH excluding ortho intramolecular Hbond substituents is 1. The molecule has 2 heterocycles. The zero-order chi connectivity index (χ0) is 20.5. The minimum Gasteiger partial charge on any atom is -0.507 e. The molecule has 1 aliphatic rings. The maximum atomic E-state index is 12.9. The zero-order valence-corrected chi connectivity index (χ0v) is 15.7. The van der Waals surface area contributed by atoms with Crippen molar-refractivity contribution in [2.45, 2.75) is 38.0 Å². The average Bonchev–Trinajstić information content (AvgIpc) is 2.62. The van der Waals surface area contributed by atoms with Crippen LogP contribution in [0.15, 0.2) is 24.3 Å². The van der Waals surface area contributed by atoms with Gasteiger partial charge in [0.25, 0.3) is 0 Å². The van der Waals surface area contributed by atoms with Gasteiger partial charge < -0.3 is 15.5 Å². The molecule has 2 unspecified atom stereocenters. The van der Waals surface area contributed by atoms with Gasteiger partial charge in [0.1, 0.15) is 11.6 Å². The van der Waals surface area contributed by atoms with Gasteiger partial charge in [-0.1, -0.05) is 0 Å². The van der Waals surface area contributed by atoms with Crippen LogP contribution in [0.5, 0.6) is 5.75 Å². The van der Waals surface area contributed by atoms with Crippen LogP contribution < -0.4 is 5.32 Å². The smallest absolute Gasteiger partial charge is 0.416 e. The van der Waals surface area contributed by atoms with Crippen molar-refractivity contribution in [3.05, 3.63) is 35.4 Å². The molecular formula is C19H23F3N4O2. The molecule has 9 heteroatoms. The van der Waals surface area contributed by atoms with E-state index in [2.05, 4.69) is 20.4 Å². The van der Waals surface area contributed by atoms with Crippen LogP contribution in [0, 0.1) is 6.92 Å². The molecule has 1 aliphatic heterocycles. The largest absolute Gasteiger partial charge is 0.507 e. The van der Waals surface area contributed by atoms with E-state index in [9.17, 15) is 23.4 Å². The lowest BCUT2D eigenvalue weighted by Crippen LogP contribution is -2.47. The van der Waals surface area contributed by atoms with Crippen LogP contribution in [0.4, 0.5) is 19.0 Å². The van der Waals surface area contributed by atoms with Gasteiger partial charge in [-0.05, 0) is 56.6 Å². The van der Waals surface area contributed by atoms with Crippen molar-refractivity contribution < 1.29 is 23.4 Å². The first-order valence-corrected chi connectivity index (χ1v) is 9.01. The summed E-state index contributed by atoms with van der Waals surface area (Å²) in [5.74, 6) is 0.0694. The normalized spacial score (nSPS) is 20.9. The van der Waals surface area contributed by atoms with Gasteiger partial charge in [-0.3, -0.25) is 4.90 Å². The summed E-state index contributed by atoms with van der Waals surface area (Å²) in [6.07, 6.45) is -2.77. The van der Waals surface area contributed by atoms with Crippen LogP contribution in [-0.4, -0.2) is 57.6 Å². The number of aromatic hydroxyl groups is 1. The predicted molar refractivity (Wildman–Crippen MR) is 99.0 cm³/mol. The number of hydrogen-bond acceptors (Lipinski definition) is 6. The molecule has 0 bridgehead atoms. The first kappa shape index (κ1) is 20.3. The number of benzene rings is 1. The van der Waals surface area contributed by atoms with Crippen molar-refractivity contribution in [2.24, 2.45) is 0 Å². The lowest BCUT2D eigenvalue weighted by molar-refractivity contribution is -0.137. The molecule has 2 aromatic rings. The van der Waals surface area contributed by atoms with E-state index < -0.39 is 17.5 Å². The Balaban J connectivity index is 1.75. The molecule has 0 saturated carbocycles. The third-order valence-corrected chi connectivity index (χ3v) is 5.11. The Morgan fingerprint density at radius 2 is 1.96 bits per heavy atom. The first-order chi connectivity index (χ1) is 13.2. The summed E-state index contributed by atoms with van der Waals surface area (Å²) in [5, 5.41) is 30.9. The van der Waals surface area contributed by atoms with E-state index in [1.54, 1.807) is 12.1 Å². The number of nitrogens with zero attached hydrogens (tertiary/aromatic N) is 3. The molecule has 1 saturated heterocycles. The van der Waals surface area contributed by atoms with E-state index in [-0.39, 0.29) is 29.8 Å². The van der Waals surface area contributed by atoms with Crippen molar-refractivity contribution in [1.29, 1.82) is 0 Å². The molecular weight excluding hydrogens is 373 g/mol. The highest BCUT2D eigenvalue weighted by Crippen LogP contribution is 2.38. The van der Waals surface area contributed by atoms with Gasteiger partial charge in [-0.2, -0.15) is 13.2 Å². The second-order valence-electron chi connectivity index (χ2n) is 7.18. The standard InChI is InChI=1S/C19H23F3N4O2/c1-11-7-12(19(20,21)22)8-16(28)18(11)15-5-6-17(25-24-15)23-13-3-4-14(10-27)26(2)9-13/h5-8,13-14,27-28H,3-4,9-10H2,1-2H3,(H,23,25). The second-order valence-corrected chi connectivity index (χ2v) is 7.18. The topological polar surface area (TPSA) is 81.5 Å². The fourth-order valence-corrected chi connectivity index (χ4v) is 3.57. The molecule has 3 rings (SSSR count). The van der Waals surface area contributed by atoms with Crippen LogP contribution in [0.2, 0.25) is 0 Å². The van der Waals surface area contributed by atoms with Crippen LogP contribution in [0.25, 0.3) is 11.3 Å². The van der Waals surface area contributed by atoms with Crippen LogP contribution in [-0.2, 0) is 6.18 Å². The van der Waals surface area contributed by atoms with Gasteiger partial charge in [0.15, 0.2) is 0 Å². The molecule has 0 spiro atoms. The predicted octanol–water partition coefficient (Wildman–Crippen LogP) is 3.04. The Labute approximate surface area is 161 Å². The minimum absolute atomic E-state index is 0.133. The van der Waals surface area contributed by atoms with Gasteiger partial charge in [0.2, 0.25) is 0 Å². The number of aliphatic hydroxyl groups is 1. The van der Waals surface area contributed by atoms with Crippen molar-refractivity contribution in [1.82, 2.24) is 15.1 Å². The number of phenols is 1. The summed E-state index contributed by atoms with van der Waals surface area (Å²) >= 11 is 0. The molecule has 28 heavy (non-hydrogen) atoms. The molecule has 1 aromatic carbocycles. The van der Waals surface area contributed by atoms with E-state index in [1.807, 2.05) is 7.05 Å². The third kappa shape index (κ3) is 4.36. The summed E-state index contributed by atoms with van der Waals surface area (Å²) in [6, 6.07) is 5.32. The average molecular weight is 396 g/mol. The van der Waals surface area contributed by atoms with E-state index in [1.165, 1.54) is 6.92 Å². The van der Waals surface area contributed by atoms with Crippen molar-refractivity contribution in [3.8, 4) is 17.0 Å². The minimum atomic E-state index is -4.53. The number of aromatic nitrogens is 2. The highest BCUT2D eigenvalue weighted by Gasteiger charge is 2.32. The van der Waals surface area contributed by atoms with Crippen LogP contribution >= 0.6 is 0 Å². The second kappa shape index (κ2) is 7.92. The zero-order valence-electron chi connectivity index (χ0n) is 15.7. The number of piperidine rings is 1. The molecule has 0 radical (unpaired) electrons. The van der Waals surface area contributed by atoms with Crippen molar-refractivity contribution in [3.63, 3.8) is 0 Å². The summed E-state index contributed by atoms with van der Waals surface area (Å²) in [6.45, 7) is 2.38. The number of alkyl halides is 3. The molecule has 152 valence electrons. The molecule has 0 amide bonds. The maximum absolute atomic E-state index is 12.9. The fourth-order valence-electron chi connectivity index (χ4n) is 3.57. The molecule has 6 nitrogen and oxygen atoms in total. The number of hydrogen-bond donors (Lipinski definition) is 3. The number of rotatable bonds is 4. The van der Waals surface area contributed by atoms with Gasteiger partial charge >= 0.3 is 6.18 Å². The van der Waals surface area contributed by atoms with Crippen molar-refractivity contribution in [2.75, 3.05) is 25.5 Å². The molecule has 2 atom stereocenters. The number of likely N-dealkylation sites (N-methyl/N-ethyl adjacent to an activating group) is 1. The number of likely N-dealkylation sites (tertiary alicyclic amines) is 1. The van der Waals surface area contributed by atoms with E-state index >= 15 is 0 Å². The Hall–Kier alpha value is -2.39. The molecule has 1 aromatic heterocycles. The molecule has 3 N–H and O–H groups in total.